The normalized spacial score (nSPS) is 11.1. The van der Waals surface area contributed by atoms with E-state index < -0.39 is 29.5 Å². The Bertz CT molecular complexity index is 1290. The number of carbonyl (C=O) groups excluding carboxylic acids is 3. The van der Waals surface area contributed by atoms with Gasteiger partial charge in [-0.2, -0.15) is 18.3 Å². The zero-order valence-electron chi connectivity index (χ0n) is 18.4. The maximum absolute atomic E-state index is 12.6. The lowest BCUT2D eigenvalue weighted by molar-refractivity contribution is -0.137. The van der Waals surface area contributed by atoms with Crippen LogP contribution < -0.4 is 20.2 Å². The minimum absolute atomic E-state index is 0.000558. The molecule has 186 valence electrons. The van der Waals surface area contributed by atoms with E-state index in [0.717, 1.165) is 24.3 Å². The van der Waals surface area contributed by atoms with E-state index in [-0.39, 0.29) is 22.7 Å². The highest BCUT2D eigenvalue weighted by molar-refractivity contribution is 6.39. The van der Waals surface area contributed by atoms with Crippen LogP contribution in [0.2, 0.25) is 5.02 Å². The summed E-state index contributed by atoms with van der Waals surface area (Å²) >= 11 is 5.81. The standard InChI is InChI=1S/C24H17ClF3N3O5/c1-35-20-12-14(2-11-19(20)36-23(34)15-3-7-17(25)8-4-15)13-29-31-22(33)21(32)30-18-9-5-16(6-10-18)24(26,27)28/h2-13H,1H3,(H,30,32)(H,31,33)/b29-13+. The van der Waals surface area contributed by atoms with E-state index in [1.54, 1.807) is 12.1 Å². The molecule has 36 heavy (non-hydrogen) atoms. The summed E-state index contributed by atoms with van der Waals surface area (Å²) in [6, 6.07) is 14.1. The van der Waals surface area contributed by atoms with Gasteiger partial charge >= 0.3 is 24.0 Å². The molecule has 0 saturated heterocycles. The van der Waals surface area contributed by atoms with Crippen LogP contribution in [0.25, 0.3) is 0 Å². The van der Waals surface area contributed by atoms with Crippen molar-refractivity contribution >= 4 is 41.3 Å². The number of anilines is 1. The highest BCUT2D eigenvalue weighted by atomic mass is 35.5. The second-order valence-electron chi connectivity index (χ2n) is 7.04. The van der Waals surface area contributed by atoms with Crippen molar-refractivity contribution < 1.29 is 37.0 Å². The summed E-state index contributed by atoms with van der Waals surface area (Å²) in [4.78, 5) is 36.1. The summed E-state index contributed by atoms with van der Waals surface area (Å²) in [6.45, 7) is 0. The molecule has 2 amide bonds. The van der Waals surface area contributed by atoms with Crippen LogP contribution in [0.15, 0.2) is 71.8 Å². The Morgan fingerprint density at radius 1 is 0.917 bits per heavy atom. The van der Waals surface area contributed by atoms with Crippen LogP contribution >= 0.6 is 11.6 Å². The number of carbonyl (C=O) groups is 3. The Morgan fingerprint density at radius 3 is 2.19 bits per heavy atom. The molecule has 0 aliphatic heterocycles. The van der Waals surface area contributed by atoms with E-state index in [9.17, 15) is 27.6 Å². The summed E-state index contributed by atoms with van der Waals surface area (Å²) in [5.41, 5.74) is 1.82. The van der Waals surface area contributed by atoms with Crippen molar-refractivity contribution in [1.82, 2.24) is 5.43 Å². The molecule has 0 aliphatic rings. The molecule has 0 heterocycles. The second-order valence-corrected chi connectivity index (χ2v) is 7.47. The first kappa shape index (κ1) is 26.2. The highest BCUT2D eigenvalue weighted by Gasteiger charge is 2.30. The maximum Gasteiger partial charge on any atom is 0.416 e. The van der Waals surface area contributed by atoms with Crippen molar-refractivity contribution in [1.29, 1.82) is 0 Å². The Hall–Kier alpha value is -4.38. The molecule has 3 aromatic rings. The molecule has 2 N–H and O–H groups in total. The van der Waals surface area contributed by atoms with Gasteiger partial charge in [-0.05, 0) is 72.3 Å². The van der Waals surface area contributed by atoms with E-state index in [1.165, 1.54) is 43.7 Å². The zero-order chi connectivity index (χ0) is 26.3. The third kappa shape index (κ3) is 7.06. The Balaban J connectivity index is 1.58. The second kappa shape index (κ2) is 11.4. The molecule has 8 nitrogen and oxygen atoms in total. The van der Waals surface area contributed by atoms with Crippen molar-refractivity contribution in [2.24, 2.45) is 5.10 Å². The molecule has 0 bridgehead atoms. The molecule has 12 heteroatoms. The molecule has 3 aromatic carbocycles. The van der Waals surface area contributed by atoms with Gasteiger partial charge in [-0.25, -0.2) is 10.2 Å². The first-order valence-corrected chi connectivity index (χ1v) is 10.4. The van der Waals surface area contributed by atoms with Crippen LogP contribution in [0.4, 0.5) is 18.9 Å². The zero-order valence-corrected chi connectivity index (χ0v) is 19.2. The van der Waals surface area contributed by atoms with Crippen molar-refractivity contribution in [2.45, 2.75) is 6.18 Å². The minimum atomic E-state index is -4.52. The van der Waals surface area contributed by atoms with E-state index >= 15 is 0 Å². The number of esters is 1. The summed E-state index contributed by atoms with van der Waals surface area (Å²) in [7, 11) is 1.36. The third-order valence-corrected chi connectivity index (χ3v) is 4.78. The molecular formula is C24H17ClF3N3O5. The van der Waals surface area contributed by atoms with Gasteiger partial charge in [0.05, 0.1) is 24.5 Å². The van der Waals surface area contributed by atoms with Crippen LogP contribution in [0.3, 0.4) is 0 Å². The molecule has 0 aromatic heterocycles. The summed E-state index contributed by atoms with van der Waals surface area (Å²) in [5, 5.41) is 6.29. The number of nitrogens with one attached hydrogen (secondary N) is 2. The smallest absolute Gasteiger partial charge is 0.416 e. The van der Waals surface area contributed by atoms with Gasteiger partial charge in [-0.3, -0.25) is 9.59 Å². The average molecular weight is 520 g/mol. The fourth-order valence-electron chi connectivity index (χ4n) is 2.74. The molecular weight excluding hydrogens is 503 g/mol. The summed E-state index contributed by atoms with van der Waals surface area (Å²) < 4.78 is 48.3. The van der Waals surface area contributed by atoms with Gasteiger partial charge in [0.1, 0.15) is 0 Å². The number of hydrogen-bond acceptors (Lipinski definition) is 6. The summed E-state index contributed by atoms with van der Waals surface area (Å²) in [6.07, 6.45) is -3.31. The van der Waals surface area contributed by atoms with E-state index in [0.29, 0.717) is 10.6 Å². The Morgan fingerprint density at radius 2 is 1.58 bits per heavy atom. The lowest BCUT2D eigenvalue weighted by atomic mass is 10.2. The molecule has 3 rings (SSSR count). The predicted octanol–water partition coefficient (Wildman–Crippen LogP) is 4.68. The number of amides is 2. The Labute approximate surface area is 207 Å². The third-order valence-electron chi connectivity index (χ3n) is 4.53. The number of methoxy groups -OCH3 is 1. The van der Waals surface area contributed by atoms with Gasteiger partial charge in [-0.15, -0.1) is 0 Å². The topological polar surface area (TPSA) is 106 Å². The largest absolute Gasteiger partial charge is 0.493 e. The number of benzene rings is 3. The van der Waals surface area contributed by atoms with E-state index in [2.05, 4.69) is 10.4 Å². The van der Waals surface area contributed by atoms with Gasteiger partial charge in [-0.1, -0.05) is 11.6 Å². The lowest BCUT2D eigenvalue weighted by Crippen LogP contribution is -2.32. The van der Waals surface area contributed by atoms with Crippen LogP contribution in [-0.2, 0) is 15.8 Å². The first-order chi connectivity index (χ1) is 17.1. The van der Waals surface area contributed by atoms with Gasteiger partial charge < -0.3 is 14.8 Å². The van der Waals surface area contributed by atoms with Crippen LogP contribution in [0.5, 0.6) is 11.5 Å². The molecule has 0 spiro atoms. The molecule has 0 saturated carbocycles. The maximum atomic E-state index is 12.6. The Kier molecular flexibility index (Phi) is 8.28. The molecule has 0 radical (unpaired) electrons. The predicted molar refractivity (Wildman–Crippen MR) is 125 cm³/mol. The van der Waals surface area contributed by atoms with E-state index in [4.69, 9.17) is 21.1 Å². The monoisotopic (exact) mass is 519 g/mol. The van der Waals surface area contributed by atoms with Crippen molar-refractivity contribution in [3.8, 4) is 11.5 Å². The summed E-state index contributed by atoms with van der Waals surface area (Å²) in [5.74, 6) is -2.57. The number of halogens is 4. The minimum Gasteiger partial charge on any atom is -0.493 e. The van der Waals surface area contributed by atoms with Crippen molar-refractivity contribution in [3.63, 3.8) is 0 Å². The van der Waals surface area contributed by atoms with Crippen molar-refractivity contribution in [2.75, 3.05) is 12.4 Å². The molecule has 0 unspecified atom stereocenters. The average Bonchev–Trinajstić information content (AvgIpc) is 2.84. The van der Waals surface area contributed by atoms with Gasteiger partial charge in [0.25, 0.3) is 0 Å². The van der Waals surface area contributed by atoms with Gasteiger partial charge in [0, 0.05) is 10.7 Å². The van der Waals surface area contributed by atoms with Crippen molar-refractivity contribution in [3.05, 3.63) is 88.4 Å². The number of ether oxygens (including phenoxy) is 2. The molecule has 0 aliphatic carbocycles. The number of hydrogen-bond donors (Lipinski definition) is 2. The fourth-order valence-corrected chi connectivity index (χ4v) is 2.87. The van der Waals surface area contributed by atoms with E-state index in [1.807, 2.05) is 5.43 Å². The van der Waals surface area contributed by atoms with Gasteiger partial charge in [0.15, 0.2) is 11.5 Å². The number of rotatable bonds is 6. The van der Waals surface area contributed by atoms with Gasteiger partial charge in [0.2, 0.25) is 0 Å². The quantitative estimate of drug-likeness (QED) is 0.162. The first-order valence-electron chi connectivity index (χ1n) is 10.0. The number of hydrazone groups is 1. The highest BCUT2D eigenvalue weighted by Crippen LogP contribution is 2.30. The fraction of sp³-hybridized carbons (Fsp3) is 0.0833. The molecule has 0 fully saturated rings. The SMILES string of the molecule is COc1cc(/C=N/NC(=O)C(=O)Nc2ccc(C(F)(F)F)cc2)ccc1OC(=O)c1ccc(Cl)cc1. The van der Waals surface area contributed by atoms with Crippen LogP contribution in [-0.4, -0.2) is 31.1 Å². The molecule has 0 atom stereocenters. The van der Waals surface area contributed by atoms with Crippen LogP contribution in [0.1, 0.15) is 21.5 Å². The van der Waals surface area contributed by atoms with Crippen LogP contribution in [0, 0.1) is 0 Å². The lowest BCUT2D eigenvalue weighted by Gasteiger charge is -2.10. The number of alkyl halides is 3. The number of nitrogens with zero attached hydrogens (tertiary/aromatic N) is 1.